The molecule has 2 aliphatic rings. The Labute approximate surface area is 273 Å². The van der Waals surface area contributed by atoms with Crippen molar-refractivity contribution in [3.05, 3.63) is 162 Å². The fourth-order valence-corrected chi connectivity index (χ4v) is 8.90. The second-order valence-corrected chi connectivity index (χ2v) is 12.8. The third-order valence-corrected chi connectivity index (χ3v) is 10.7. The van der Waals surface area contributed by atoms with Crippen LogP contribution in [0.15, 0.2) is 144 Å². The van der Waals surface area contributed by atoms with Gasteiger partial charge in [0.2, 0.25) is 0 Å². The molecule has 0 unspecified atom stereocenters. The third-order valence-electron chi connectivity index (χ3n) is 10.7. The molecule has 0 atom stereocenters. The van der Waals surface area contributed by atoms with E-state index in [1.54, 1.807) is 12.4 Å². The van der Waals surface area contributed by atoms with Crippen LogP contribution < -0.4 is 0 Å². The van der Waals surface area contributed by atoms with Crippen molar-refractivity contribution >= 4 is 44.4 Å². The summed E-state index contributed by atoms with van der Waals surface area (Å²) in [7, 11) is 0. The SMILES string of the molecule is c1ccc2c(c1)-c1ccccc1C21c2ccccc2-c2c1cc1c3ncc(-c4ccc5c(c4)oc4ccccc45)n3c3nccnc3n21. The summed E-state index contributed by atoms with van der Waals surface area (Å²) in [4.78, 5) is 15.1. The minimum absolute atomic E-state index is 0.460. The van der Waals surface area contributed by atoms with E-state index in [2.05, 4.69) is 112 Å². The molecule has 48 heavy (non-hydrogen) atoms. The Kier molecular flexibility index (Phi) is 4.33. The van der Waals surface area contributed by atoms with Gasteiger partial charge in [0, 0.05) is 34.3 Å². The van der Waals surface area contributed by atoms with Crippen molar-refractivity contribution < 1.29 is 4.42 Å². The first kappa shape index (κ1) is 24.7. The van der Waals surface area contributed by atoms with Crippen LogP contribution in [0.2, 0.25) is 0 Å². The van der Waals surface area contributed by atoms with E-state index in [0.29, 0.717) is 0 Å². The van der Waals surface area contributed by atoms with Gasteiger partial charge in [-0.15, -0.1) is 0 Å². The average molecular weight is 614 g/mol. The Balaban J connectivity index is 1.22. The van der Waals surface area contributed by atoms with E-state index in [-0.39, 0.29) is 0 Å². The van der Waals surface area contributed by atoms with E-state index in [0.717, 1.165) is 61.3 Å². The molecule has 222 valence electrons. The highest BCUT2D eigenvalue weighted by molar-refractivity contribution is 6.06. The van der Waals surface area contributed by atoms with Crippen LogP contribution in [-0.2, 0) is 5.41 Å². The lowest BCUT2D eigenvalue weighted by Gasteiger charge is -2.29. The molecule has 0 radical (unpaired) electrons. The molecule has 0 saturated carbocycles. The van der Waals surface area contributed by atoms with E-state index in [9.17, 15) is 0 Å². The monoisotopic (exact) mass is 613 g/mol. The topological polar surface area (TPSA) is 60.6 Å². The number of hydrogen-bond acceptors (Lipinski definition) is 4. The Bertz CT molecular complexity index is 2990. The van der Waals surface area contributed by atoms with Gasteiger partial charge in [-0.2, -0.15) is 0 Å². The molecule has 0 fully saturated rings. The van der Waals surface area contributed by atoms with Crippen LogP contribution in [0.1, 0.15) is 22.3 Å². The summed E-state index contributed by atoms with van der Waals surface area (Å²) in [6.07, 6.45) is 5.51. The first-order chi connectivity index (χ1) is 23.8. The van der Waals surface area contributed by atoms with Crippen LogP contribution in [0, 0.1) is 0 Å². The van der Waals surface area contributed by atoms with E-state index in [4.69, 9.17) is 19.4 Å². The molecule has 1 spiro atoms. The van der Waals surface area contributed by atoms with Gasteiger partial charge >= 0.3 is 0 Å². The molecule has 5 aromatic heterocycles. The predicted octanol–water partition coefficient (Wildman–Crippen LogP) is 9.44. The van der Waals surface area contributed by atoms with E-state index in [1.165, 1.54) is 38.9 Å². The van der Waals surface area contributed by atoms with Gasteiger partial charge in [0.05, 0.1) is 28.5 Å². The van der Waals surface area contributed by atoms with Crippen molar-refractivity contribution in [2.75, 3.05) is 0 Å². The molecule has 12 rings (SSSR count). The van der Waals surface area contributed by atoms with Crippen molar-refractivity contribution in [1.29, 1.82) is 0 Å². The molecule has 0 bridgehead atoms. The Morgan fingerprint density at radius 2 is 1.12 bits per heavy atom. The first-order valence-corrected chi connectivity index (χ1v) is 16.2. The van der Waals surface area contributed by atoms with Crippen LogP contribution >= 0.6 is 0 Å². The molecular weight excluding hydrogens is 590 g/mol. The number of nitrogens with zero attached hydrogens (tertiary/aromatic N) is 5. The summed E-state index contributed by atoms with van der Waals surface area (Å²) < 4.78 is 10.7. The largest absolute Gasteiger partial charge is 0.456 e. The summed E-state index contributed by atoms with van der Waals surface area (Å²) in [5, 5.41) is 2.21. The lowest BCUT2D eigenvalue weighted by Crippen LogP contribution is -2.25. The van der Waals surface area contributed by atoms with Crippen molar-refractivity contribution in [1.82, 2.24) is 23.8 Å². The van der Waals surface area contributed by atoms with Crippen LogP contribution in [-0.4, -0.2) is 23.8 Å². The number of furan rings is 1. The number of para-hydroxylation sites is 1. The molecule has 6 nitrogen and oxygen atoms in total. The molecule has 2 aliphatic carbocycles. The van der Waals surface area contributed by atoms with Gasteiger partial charge < -0.3 is 4.42 Å². The van der Waals surface area contributed by atoms with Crippen molar-refractivity contribution in [2.24, 2.45) is 0 Å². The van der Waals surface area contributed by atoms with Crippen LogP contribution in [0.25, 0.3) is 78.0 Å². The molecule has 5 heterocycles. The second kappa shape index (κ2) is 8.43. The van der Waals surface area contributed by atoms with Gasteiger partial charge in [0.15, 0.2) is 16.9 Å². The van der Waals surface area contributed by atoms with Gasteiger partial charge in [-0.25, -0.2) is 15.0 Å². The maximum Gasteiger partial charge on any atom is 0.183 e. The van der Waals surface area contributed by atoms with Crippen LogP contribution in [0.3, 0.4) is 0 Å². The first-order valence-electron chi connectivity index (χ1n) is 16.2. The normalized spacial score (nSPS) is 14.0. The lowest BCUT2D eigenvalue weighted by atomic mass is 9.71. The fourth-order valence-electron chi connectivity index (χ4n) is 8.90. The van der Waals surface area contributed by atoms with Crippen molar-refractivity contribution in [2.45, 2.75) is 5.41 Å². The molecule has 0 amide bonds. The lowest BCUT2D eigenvalue weighted by molar-refractivity contribution is 0.669. The standard InChI is InChI=1S/C42H23N5O/c1-5-13-30-25(9-1)26-10-2-6-14-31(26)42(30)32-15-7-3-12-29(32)38-33(42)22-34-39-45-23-35(47(39)41-40(46(34)38)43-19-20-44-41)24-17-18-28-27-11-4-8-16-36(27)48-37(28)21-24/h1-23H. The van der Waals surface area contributed by atoms with Gasteiger partial charge in [-0.3, -0.25) is 8.80 Å². The predicted molar refractivity (Wildman–Crippen MR) is 188 cm³/mol. The molecule has 10 aromatic rings. The Morgan fingerprint density at radius 1 is 0.500 bits per heavy atom. The second-order valence-electron chi connectivity index (χ2n) is 12.8. The number of imidazole rings is 1. The van der Waals surface area contributed by atoms with Gasteiger partial charge in [0.1, 0.15) is 11.2 Å². The summed E-state index contributed by atoms with van der Waals surface area (Å²) in [6.45, 7) is 0. The summed E-state index contributed by atoms with van der Waals surface area (Å²) in [6, 6.07) is 43.6. The number of fused-ring (bicyclic) bond motifs is 20. The minimum Gasteiger partial charge on any atom is -0.456 e. The van der Waals surface area contributed by atoms with E-state index < -0.39 is 5.41 Å². The maximum absolute atomic E-state index is 6.28. The maximum atomic E-state index is 6.28. The highest BCUT2D eigenvalue weighted by Gasteiger charge is 2.53. The van der Waals surface area contributed by atoms with Gasteiger partial charge in [-0.05, 0) is 57.6 Å². The number of rotatable bonds is 1. The zero-order valence-electron chi connectivity index (χ0n) is 25.4. The molecule has 0 saturated heterocycles. The highest BCUT2D eigenvalue weighted by atomic mass is 16.3. The third kappa shape index (κ3) is 2.72. The molecule has 0 aliphatic heterocycles. The van der Waals surface area contributed by atoms with Gasteiger partial charge in [0.25, 0.3) is 0 Å². The average Bonchev–Trinajstić information content (AvgIpc) is 3.95. The number of benzene rings is 5. The van der Waals surface area contributed by atoms with E-state index >= 15 is 0 Å². The zero-order valence-corrected chi connectivity index (χ0v) is 25.4. The van der Waals surface area contributed by atoms with E-state index in [1.807, 2.05) is 24.4 Å². The summed E-state index contributed by atoms with van der Waals surface area (Å²) in [5.41, 5.74) is 16.7. The quantitative estimate of drug-likeness (QED) is 0.185. The highest BCUT2D eigenvalue weighted by Crippen LogP contribution is 2.63. The molecule has 5 aromatic carbocycles. The van der Waals surface area contributed by atoms with Crippen LogP contribution in [0.5, 0.6) is 0 Å². The van der Waals surface area contributed by atoms with Crippen molar-refractivity contribution in [3.8, 4) is 33.6 Å². The van der Waals surface area contributed by atoms with Crippen molar-refractivity contribution in [3.63, 3.8) is 0 Å². The summed E-state index contributed by atoms with van der Waals surface area (Å²) in [5.74, 6) is 0. The minimum atomic E-state index is -0.460. The molecule has 6 heteroatoms. The summed E-state index contributed by atoms with van der Waals surface area (Å²) >= 11 is 0. The molecular formula is C42H23N5O. The fraction of sp³-hybridized carbons (Fsp3) is 0.0238. The Hall–Kier alpha value is -6.53. The molecule has 0 N–H and O–H groups in total. The smallest absolute Gasteiger partial charge is 0.183 e. The number of aromatic nitrogens is 5. The Morgan fingerprint density at radius 3 is 1.90 bits per heavy atom. The number of hydrogen-bond donors (Lipinski definition) is 0. The zero-order chi connectivity index (χ0) is 31.1. The van der Waals surface area contributed by atoms with Gasteiger partial charge in [-0.1, -0.05) is 97.1 Å². The van der Waals surface area contributed by atoms with Crippen LogP contribution in [0.4, 0.5) is 0 Å².